The molecule has 1 saturated carbocycles. The van der Waals surface area contributed by atoms with Gasteiger partial charge in [-0.15, -0.1) is 0 Å². The Morgan fingerprint density at radius 2 is 2.08 bits per heavy atom. The van der Waals surface area contributed by atoms with Gasteiger partial charge >= 0.3 is 0 Å². The van der Waals surface area contributed by atoms with E-state index in [9.17, 15) is 0 Å². The van der Waals surface area contributed by atoms with E-state index in [-0.39, 0.29) is 0 Å². The molecule has 12 heavy (non-hydrogen) atoms. The van der Waals surface area contributed by atoms with Gasteiger partial charge in [-0.25, -0.2) is 0 Å². The lowest BCUT2D eigenvalue weighted by molar-refractivity contribution is 0.672. The van der Waals surface area contributed by atoms with E-state index >= 15 is 0 Å². The first-order chi connectivity index (χ1) is 5.79. The van der Waals surface area contributed by atoms with Gasteiger partial charge < -0.3 is 0 Å². The van der Waals surface area contributed by atoms with Crippen LogP contribution in [0.15, 0.2) is 27.9 Å². The third-order valence-electron chi connectivity index (χ3n) is 2.53. The van der Waals surface area contributed by atoms with Gasteiger partial charge in [0.15, 0.2) is 0 Å². The Hall–Kier alpha value is -0.850. The zero-order valence-corrected chi connectivity index (χ0v) is 8.06. The number of hydrogen-bond acceptors (Lipinski definition) is 1. The molecule has 0 aliphatic heterocycles. The van der Waals surface area contributed by atoms with Crippen molar-refractivity contribution in [3.63, 3.8) is 0 Å². The van der Waals surface area contributed by atoms with Crippen LogP contribution in [-0.4, -0.2) is 6.72 Å². The summed E-state index contributed by atoms with van der Waals surface area (Å²) in [6, 6.07) is 0. The molecule has 0 atom stereocenters. The van der Waals surface area contributed by atoms with Crippen LogP contribution in [0.5, 0.6) is 0 Å². The summed E-state index contributed by atoms with van der Waals surface area (Å²) in [5.74, 6) is 0. The number of allylic oxidation sites excluding steroid dienone is 4. The fourth-order valence-electron chi connectivity index (χ4n) is 1.76. The Morgan fingerprint density at radius 3 is 2.67 bits per heavy atom. The Morgan fingerprint density at radius 1 is 1.42 bits per heavy atom. The van der Waals surface area contributed by atoms with E-state index in [1.807, 2.05) is 0 Å². The van der Waals surface area contributed by atoms with Crippen LogP contribution < -0.4 is 0 Å². The Labute approximate surface area is 74.9 Å². The van der Waals surface area contributed by atoms with Crippen molar-refractivity contribution in [1.82, 2.24) is 0 Å². The molecule has 0 unspecified atom stereocenters. The Bertz CT molecular complexity index is 233. The Balaban J connectivity index is 2.93. The standard InChI is InChI=1S/C11H17N/c1-4-10-7-5-6-8-11(10)9(2)12-3/h4H,3,5-8H2,1-2H3/b10-4-,11-9-. The van der Waals surface area contributed by atoms with E-state index in [1.54, 1.807) is 0 Å². The van der Waals surface area contributed by atoms with E-state index in [2.05, 4.69) is 31.6 Å². The highest BCUT2D eigenvalue weighted by molar-refractivity contribution is 5.39. The zero-order valence-electron chi connectivity index (χ0n) is 8.06. The molecule has 1 heteroatoms. The summed E-state index contributed by atoms with van der Waals surface area (Å²) in [5.41, 5.74) is 4.02. The molecule has 0 amide bonds. The van der Waals surface area contributed by atoms with Crippen molar-refractivity contribution in [2.75, 3.05) is 0 Å². The largest absolute Gasteiger partial charge is 0.269 e. The van der Waals surface area contributed by atoms with Gasteiger partial charge in [-0.3, -0.25) is 4.99 Å². The lowest BCUT2D eigenvalue weighted by atomic mass is 9.88. The van der Waals surface area contributed by atoms with Gasteiger partial charge in [-0.05, 0) is 57.4 Å². The predicted octanol–water partition coefficient (Wildman–Crippen LogP) is 3.48. The first-order valence-corrected chi connectivity index (χ1v) is 4.61. The molecule has 0 aromatic rings. The highest BCUT2D eigenvalue weighted by Crippen LogP contribution is 2.30. The molecule has 0 N–H and O–H groups in total. The molecule has 0 aromatic heterocycles. The smallest absolute Gasteiger partial charge is 0.0399 e. The zero-order chi connectivity index (χ0) is 8.97. The molecule has 0 spiro atoms. The number of nitrogens with zero attached hydrogens (tertiary/aromatic N) is 1. The van der Waals surface area contributed by atoms with Gasteiger partial charge in [0.1, 0.15) is 0 Å². The maximum atomic E-state index is 4.00. The van der Waals surface area contributed by atoms with Gasteiger partial charge in [-0.2, -0.15) is 0 Å². The highest BCUT2D eigenvalue weighted by Gasteiger charge is 2.12. The van der Waals surface area contributed by atoms with Crippen LogP contribution in [-0.2, 0) is 0 Å². The molecule has 0 saturated heterocycles. The third-order valence-corrected chi connectivity index (χ3v) is 2.53. The minimum absolute atomic E-state index is 1.11. The fourth-order valence-corrected chi connectivity index (χ4v) is 1.76. The molecule has 1 aliphatic carbocycles. The first-order valence-electron chi connectivity index (χ1n) is 4.61. The van der Waals surface area contributed by atoms with Gasteiger partial charge in [0.25, 0.3) is 0 Å². The number of hydrogen-bond donors (Lipinski definition) is 0. The molecule has 1 rings (SSSR count). The monoisotopic (exact) mass is 163 g/mol. The van der Waals surface area contributed by atoms with E-state index < -0.39 is 0 Å². The van der Waals surface area contributed by atoms with E-state index in [1.165, 1.54) is 36.8 Å². The van der Waals surface area contributed by atoms with Crippen molar-refractivity contribution in [2.45, 2.75) is 39.5 Å². The minimum Gasteiger partial charge on any atom is -0.269 e. The quantitative estimate of drug-likeness (QED) is 0.525. The SMILES string of the molecule is C=N/C(C)=C1/CCCC/C1=C/C. The molecule has 1 nitrogen and oxygen atoms in total. The lowest BCUT2D eigenvalue weighted by Crippen LogP contribution is -2.00. The maximum absolute atomic E-state index is 4.00. The van der Waals surface area contributed by atoms with Crippen molar-refractivity contribution in [1.29, 1.82) is 0 Å². The van der Waals surface area contributed by atoms with Crippen LogP contribution >= 0.6 is 0 Å². The van der Waals surface area contributed by atoms with Crippen LogP contribution in [0.4, 0.5) is 0 Å². The lowest BCUT2D eigenvalue weighted by Gasteiger charge is -2.18. The molecule has 0 aromatic carbocycles. The predicted molar refractivity (Wildman–Crippen MR) is 54.5 cm³/mol. The molecule has 0 bridgehead atoms. The Kier molecular flexibility index (Phi) is 3.27. The molecule has 0 radical (unpaired) electrons. The van der Waals surface area contributed by atoms with Crippen molar-refractivity contribution >= 4 is 6.72 Å². The highest BCUT2D eigenvalue weighted by atomic mass is 14.7. The molecule has 66 valence electrons. The van der Waals surface area contributed by atoms with Crippen LogP contribution in [0.25, 0.3) is 0 Å². The summed E-state index contributed by atoms with van der Waals surface area (Å²) >= 11 is 0. The van der Waals surface area contributed by atoms with Gasteiger partial charge in [0.2, 0.25) is 0 Å². The van der Waals surface area contributed by atoms with Crippen LogP contribution in [0.3, 0.4) is 0 Å². The summed E-state index contributed by atoms with van der Waals surface area (Å²) in [4.78, 5) is 4.00. The molecular formula is C11H17N. The second kappa shape index (κ2) is 4.24. The van der Waals surface area contributed by atoms with E-state index in [0.29, 0.717) is 0 Å². The number of rotatable bonds is 1. The first kappa shape index (κ1) is 9.24. The summed E-state index contributed by atoms with van der Waals surface area (Å²) in [6.45, 7) is 7.73. The fraction of sp³-hybridized carbons (Fsp3) is 0.545. The van der Waals surface area contributed by atoms with E-state index in [4.69, 9.17) is 0 Å². The van der Waals surface area contributed by atoms with Crippen LogP contribution in [0.2, 0.25) is 0 Å². The molecule has 1 aliphatic rings. The second-order valence-corrected chi connectivity index (χ2v) is 3.24. The summed E-state index contributed by atoms with van der Waals surface area (Å²) in [5, 5.41) is 0. The maximum Gasteiger partial charge on any atom is 0.0399 e. The van der Waals surface area contributed by atoms with Gasteiger partial charge in [0.05, 0.1) is 0 Å². The van der Waals surface area contributed by atoms with Gasteiger partial charge in [-0.1, -0.05) is 6.08 Å². The normalized spacial score (nSPS) is 25.7. The van der Waals surface area contributed by atoms with Crippen molar-refractivity contribution in [2.24, 2.45) is 4.99 Å². The molecule has 1 fully saturated rings. The van der Waals surface area contributed by atoms with Crippen molar-refractivity contribution in [3.8, 4) is 0 Å². The molecule has 0 heterocycles. The summed E-state index contributed by atoms with van der Waals surface area (Å²) < 4.78 is 0. The van der Waals surface area contributed by atoms with Crippen LogP contribution in [0, 0.1) is 0 Å². The molecular weight excluding hydrogens is 146 g/mol. The average Bonchev–Trinajstić information content (AvgIpc) is 2.16. The minimum atomic E-state index is 1.11. The van der Waals surface area contributed by atoms with E-state index in [0.717, 1.165) is 5.70 Å². The van der Waals surface area contributed by atoms with Crippen molar-refractivity contribution < 1.29 is 0 Å². The van der Waals surface area contributed by atoms with Crippen LogP contribution in [0.1, 0.15) is 39.5 Å². The van der Waals surface area contributed by atoms with Gasteiger partial charge in [0, 0.05) is 5.70 Å². The second-order valence-electron chi connectivity index (χ2n) is 3.24. The topological polar surface area (TPSA) is 12.4 Å². The summed E-state index contributed by atoms with van der Waals surface area (Å²) in [6.07, 6.45) is 7.25. The third kappa shape index (κ3) is 1.84. The number of aliphatic imine (C=N–C) groups is 1. The van der Waals surface area contributed by atoms with Crippen molar-refractivity contribution in [3.05, 3.63) is 22.9 Å². The average molecular weight is 163 g/mol. The summed E-state index contributed by atoms with van der Waals surface area (Å²) in [7, 11) is 0.